The number of hydrogen-bond acceptors (Lipinski definition) is 5. The maximum Gasteiger partial charge on any atom is 0.341 e. The molecule has 1 aliphatic heterocycles. The Morgan fingerprint density at radius 1 is 1.47 bits per heavy atom. The average Bonchev–Trinajstić information content (AvgIpc) is 2.69. The molecule has 6 heteroatoms. The number of nitrogen functional groups attached to an aromatic ring is 1. The summed E-state index contributed by atoms with van der Waals surface area (Å²) in [6.07, 6.45) is 3.49. The molecule has 1 saturated heterocycles. The molecule has 15 heavy (non-hydrogen) atoms. The Bertz CT molecular complexity index is 388. The van der Waals surface area contributed by atoms with Gasteiger partial charge in [-0.2, -0.15) is 4.98 Å². The number of carboxylic acid groups (broad SMARTS) is 1. The average molecular weight is 208 g/mol. The van der Waals surface area contributed by atoms with Crippen LogP contribution in [0.3, 0.4) is 0 Å². The van der Waals surface area contributed by atoms with Crippen molar-refractivity contribution in [1.82, 2.24) is 9.97 Å². The third-order valence-corrected chi connectivity index (χ3v) is 2.42. The molecular formula is C9H12N4O2. The lowest BCUT2D eigenvalue weighted by Gasteiger charge is -2.15. The molecule has 1 aromatic heterocycles. The standard InChI is InChI=1S/C9H12N4O2/c10-7-6(8(14)15)5-11-9(12-7)13-3-1-2-4-13/h5H,1-4H2,(H,14,15)(H2,10,11,12). The van der Waals surface area contributed by atoms with E-state index in [0.717, 1.165) is 25.9 Å². The van der Waals surface area contributed by atoms with Gasteiger partial charge in [-0.1, -0.05) is 0 Å². The monoisotopic (exact) mass is 208 g/mol. The fraction of sp³-hybridized carbons (Fsp3) is 0.444. The Kier molecular flexibility index (Phi) is 2.40. The number of aromatic nitrogens is 2. The van der Waals surface area contributed by atoms with Crippen LogP contribution in [0, 0.1) is 0 Å². The lowest BCUT2D eigenvalue weighted by Crippen LogP contribution is -2.21. The summed E-state index contributed by atoms with van der Waals surface area (Å²) in [4.78, 5) is 20.7. The Morgan fingerprint density at radius 3 is 2.67 bits per heavy atom. The van der Waals surface area contributed by atoms with Gasteiger partial charge in [0.2, 0.25) is 5.95 Å². The molecule has 6 nitrogen and oxygen atoms in total. The van der Waals surface area contributed by atoms with Crippen molar-refractivity contribution in [3.05, 3.63) is 11.8 Å². The third kappa shape index (κ3) is 1.83. The van der Waals surface area contributed by atoms with Crippen LogP contribution in [0.2, 0.25) is 0 Å². The molecule has 1 aromatic rings. The summed E-state index contributed by atoms with van der Waals surface area (Å²) < 4.78 is 0. The van der Waals surface area contributed by atoms with Crippen LogP contribution >= 0.6 is 0 Å². The Hall–Kier alpha value is -1.85. The van der Waals surface area contributed by atoms with Crippen molar-refractivity contribution in [3.8, 4) is 0 Å². The van der Waals surface area contributed by atoms with E-state index in [0.29, 0.717) is 5.95 Å². The molecule has 0 amide bonds. The van der Waals surface area contributed by atoms with Crippen molar-refractivity contribution in [2.45, 2.75) is 12.8 Å². The first-order chi connectivity index (χ1) is 7.18. The van der Waals surface area contributed by atoms with Crippen LogP contribution in [0.15, 0.2) is 6.20 Å². The van der Waals surface area contributed by atoms with E-state index in [9.17, 15) is 4.79 Å². The van der Waals surface area contributed by atoms with Gasteiger partial charge in [-0.3, -0.25) is 0 Å². The predicted molar refractivity (Wildman–Crippen MR) is 54.9 cm³/mol. The number of nitrogens with zero attached hydrogens (tertiary/aromatic N) is 3. The van der Waals surface area contributed by atoms with E-state index in [1.54, 1.807) is 0 Å². The Labute approximate surface area is 86.7 Å². The number of carboxylic acids is 1. The maximum absolute atomic E-state index is 10.7. The normalized spacial score (nSPS) is 15.6. The Balaban J connectivity index is 2.28. The summed E-state index contributed by atoms with van der Waals surface area (Å²) in [5.74, 6) is -0.546. The summed E-state index contributed by atoms with van der Waals surface area (Å²) in [6.45, 7) is 1.82. The molecule has 2 rings (SSSR count). The summed E-state index contributed by atoms with van der Waals surface area (Å²) in [6, 6.07) is 0. The van der Waals surface area contributed by atoms with Gasteiger partial charge >= 0.3 is 5.97 Å². The molecule has 2 heterocycles. The van der Waals surface area contributed by atoms with Crippen molar-refractivity contribution in [1.29, 1.82) is 0 Å². The number of rotatable bonds is 2. The highest BCUT2D eigenvalue weighted by atomic mass is 16.4. The smallest absolute Gasteiger partial charge is 0.341 e. The highest BCUT2D eigenvalue weighted by Gasteiger charge is 2.17. The minimum Gasteiger partial charge on any atom is -0.477 e. The molecule has 0 bridgehead atoms. The quantitative estimate of drug-likeness (QED) is 0.728. The number of nitrogens with two attached hydrogens (primary N) is 1. The van der Waals surface area contributed by atoms with Crippen LogP contribution in [-0.4, -0.2) is 34.1 Å². The zero-order valence-electron chi connectivity index (χ0n) is 8.18. The van der Waals surface area contributed by atoms with Gasteiger partial charge in [-0.15, -0.1) is 0 Å². The first kappa shape index (κ1) is 9.70. The van der Waals surface area contributed by atoms with Crippen molar-refractivity contribution in [3.63, 3.8) is 0 Å². The van der Waals surface area contributed by atoms with Gasteiger partial charge in [0, 0.05) is 19.3 Å². The minimum atomic E-state index is -1.10. The van der Waals surface area contributed by atoms with Crippen LogP contribution in [0.4, 0.5) is 11.8 Å². The fourth-order valence-corrected chi connectivity index (χ4v) is 1.62. The third-order valence-electron chi connectivity index (χ3n) is 2.42. The molecule has 1 aliphatic rings. The van der Waals surface area contributed by atoms with Crippen molar-refractivity contribution in [2.75, 3.05) is 23.7 Å². The number of anilines is 2. The summed E-state index contributed by atoms with van der Waals surface area (Å²) in [5, 5.41) is 8.75. The van der Waals surface area contributed by atoms with E-state index in [4.69, 9.17) is 10.8 Å². The number of hydrogen-bond donors (Lipinski definition) is 2. The van der Waals surface area contributed by atoms with E-state index >= 15 is 0 Å². The first-order valence-corrected chi connectivity index (χ1v) is 4.79. The van der Waals surface area contributed by atoms with Crippen LogP contribution in [-0.2, 0) is 0 Å². The zero-order chi connectivity index (χ0) is 10.8. The predicted octanol–water partition coefficient (Wildman–Crippen LogP) is 0.357. The summed E-state index contributed by atoms with van der Waals surface area (Å²) >= 11 is 0. The molecule has 0 aliphatic carbocycles. The molecular weight excluding hydrogens is 196 g/mol. The molecule has 80 valence electrons. The van der Waals surface area contributed by atoms with Gasteiger partial charge < -0.3 is 15.7 Å². The fourth-order valence-electron chi connectivity index (χ4n) is 1.62. The second kappa shape index (κ2) is 3.72. The number of carbonyl (C=O) groups is 1. The van der Waals surface area contributed by atoms with E-state index < -0.39 is 5.97 Å². The zero-order valence-corrected chi connectivity index (χ0v) is 8.18. The SMILES string of the molecule is Nc1nc(N2CCCC2)ncc1C(=O)O. The largest absolute Gasteiger partial charge is 0.477 e. The van der Waals surface area contributed by atoms with E-state index in [1.807, 2.05) is 4.90 Å². The van der Waals surface area contributed by atoms with Crippen LogP contribution in [0.5, 0.6) is 0 Å². The Morgan fingerprint density at radius 2 is 2.13 bits per heavy atom. The molecule has 0 saturated carbocycles. The summed E-state index contributed by atoms with van der Waals surface area (Å²) in [7, 11) is 0. The lowest BCUT2D eigenvalue weighted by molar-refractivity contribution is 0.0697. The molecule has 3 N–H and O–H groups in total. The van der Waals surface area contributed by atoms with Crippen molar-refractivity contribution < 1.29 is 9.90 Å². The van der Waals surface area contributed by atoms with Gasteiger partial charge in [-0.25, -0.2) is 9.78 Å². The van der Waals surface area contributed by atoms with Gasteiger partial charge in [0.15, 0.2) is 0 Å². The minimum absolute atomic E-state index is 0.0272. The van der Waals surface area contributed by atoms with Gasteiger partial charge in [-0.05, 0) is 12.8 Å². The maximum atomic E-state index is 10.7. The van der Waals surface area contributed by atoms with E-state index in [-0.39, 0.29) is 11.4 Å². The highest BCUT2D eigenvalue weighted by Crippen LogP contribution is 2.17. The first-order valence-electron chi connectivity index (χ1n) is 4.79. The van der Waals surface area contributed by atoms with Crippen LogP contribution in [0.1, 0.15) is 23.2 Å². The second-order valence-electron chi connectivity index (χ2n) is 3.47. The van der Waals surface area contributed by atoms with Crippen LogP contribution in [0.25, 0.3) is 0 Å². The highest BCUT2D eigenvalue weighted by molar-refractivity contribution is 5.92. The van der Waals surface area contributed by atoms with E-state index in [1.165, 1.54) is 6.20 Å². The second-order valence-corrected chi connectivity index (χ2v) is 3.47. The molecule has 0 radical (unpaired) electrons. The molecule has 1 fully saturated rings. The molecule has 0 aromatic carbocycles. The molecule has 0 spiro atoms. The number of aromatic carboxylic acids is 1. The van der Waals surface area contributed by atoms with E-state index in [2.05, 4.69) is 9.97 Å². The topological polar surface area (TPSA) is 92.3 Å². The molecule has 0 atom stereocenters. The van der Waals surface area contributed by atoms with Gasteiger partial charge in [0.05, 0.1) is 0 Å². The molecule has 0 unspecified atom stereocenters. The lowest BCUT2D eigenvalue weighted by atomic mass is 10.3. The van der Waals surface area contributed by atoms with Crippen LogP contribution < -0.4 is 10.6 Å². The van der Waals surface area contributed by atoms with Gasteiger partial charge in [0.1, 0.15) is 11.4 Å². The van der Waals surface area contributed by atoms with Gasteiger partial charge in [0.25, 0.3) is 0 Å². The van der Waals surface area contributed by atoms with Crippen molar-refractivity contribution >= 4 is 17.7 Å². The van der Waals surface area contributed by atoms with Crippen molar-refractivity contribution in [2.24, 2.45) is 0 Å². The summed E-state index contributed by atoms with van der Waals surface area (Å²) in [5.41, 5.74) is 5.49.